The minimum Gasteiger partial charge on any atom is -0.465 e. The number of likely N-dealkylation sites (tertiary alicyclic amines) is 1. The van der Waals surface area contributed by atoms with Crippen molar-refractivity contribution in [1.82, 2.24) is 4.90 Å². The quantitative estimate of drug-likeness (QED) is 0.494. The fraction of sp³-hybridized carbons (Fsp3) is 0.367. The lowest BCUT2D eigenvalue weighted by Crippen LogP contribution is -2.60. The Morgan fingerprint density at radius 1 is 0.939 bits per heavy atom. The van der Waals surface area contributed by atoms with E-state index in [0.717, 1.165) is 45.3 Å². The summed E-state index contributed by atoms with van der Waals surface area (Å²) >= 11 is 0. The van der Waals surface area contributed by atoms with Crippen molar-refractivity contribution in [2.75, 3.05) is 26.7 Å². The van der Waals surface area contributed by atoms with Crippen LogP contribution in [0.15, 0.2) is 78.9 Å². The van der Waals surface area contributed by atoms with E-state index in [0.29, 0.717) is 5.56 Å². The van der Waals surface area contributed by atoms with Crippen molar-refractivity contribution in [3.63, 3.8) is 0 Å². The molecule has 2 atom stereocenters. The normalized spacial score (nSPS) is 24.5. The number of rotatable bonds is 5. The molecule has 0 radical (unpaired) electrons. The molecule has 3 aromatic carbocycles. The van der Waals surface area contributed by atoms with Gasteiger partial charge in [-0.2, -0.15) is 0 Å². The van der Waals surface area contributed by atoms with Crippen molar-refractivity contribution in [3.8, 4) is 0 Å². The van der Waals surface area contributed by atoms with E-state index in [4.69, 9.17) is 4.74 Å². The van der Waals surface area contributed by atoms with Gasteiger partial charge in [-0.15, -0.1) is 0 Å². The van der Waals surface area contributed by atoms with E-state index in [1.165, 1.54) is 29.4 Å². The third-order valence-corrected chi connectivity index (χ3v) is 8.17. The Kier molecular flexibility index (Phi) is 5.84. The molecular weight excluding hydrogens is 406 g/mol. The molecule has 3 aromatic rings. The summed E-state index contributed by atoms with van der Waals surface area (Å²) in [6.45, 7) is 5.70. The fourth-order valence-electron chi connectivity index (χ4n) is 6.33. The molecule has 1 fully saturated rings. The molecule has 33 heavy (non-hydrogen) atoms. The van der Waals surface area contributed by atoms with E-state index in [2.05, 4.69) is 78.6 Å². The monoisotopic (exact) mass is 439 g/mol. The molecule has 1 saturated heterocycles. The summed E-state index contributed by atoms with van der Waals surface area (Å²) in [4.78, 5) is 15.0. The van der Waals surface area contributed by atoms with Crippen LogP contribution in [-0.2, 0) is 29.4 Å². The van der Waals surface area contributed by atoms with Gasteiger partial charge >= 0.3 is 5.97 Å². The number of ether oxygens (including phenoxy) is 1. The minimum atomic E-state index is -0.258. The van der Waals surface area contributed by atoms with Crippen LogP contribution in [0.2, 0.25) is 0 Å². The van der Waals surface area contributed by atoms with Gasteiger partial charge in [-0.3, -0.25) is 0 Å². The first-order valence-electron chi connectivity index (χ1n) is 12.0. The average Bonchev–Trinajstić information content (AvgIpc) is 2.86. The maximum Gasteiger partial charge on any atom is 0.337 e. The molecule has 0 unspecified atom stereocenters. The van der Waals surface area contributed by atoms with Crippen molar-refractivity contribution >= 4 is 5.97 Å². The van der Waals surface area contributed by atoms with E-state index in [9.17, 15) is 4.79 Å². The first-order valence-corrected chi connectivity index (χ1v) is 12.0. The average molecular weight is 440 g/mol. The summed E-state index contributed by atoms with van der Waals surface area (Å²) in [7, 11) is 1.46. The molecule has 0 N–H and O–H groups in total. The van der Waals surface area contributed by atoms with Gasteiger partial charge in [-0.25, -0.2) is 4.79 Å². The maximum absolute atomic E-state index is 12.3. The molecule has 1 aliphatic carbocycles. The Bertz CT molecular complexity index is 1140. The zero-order valence-corrected chi connectivity index (χ0v) is 19.7. The third kappa shape index (κ3) is 4.00. The van der Waals surface area contributed by atoms with E-state index in [-0.39, 0.29) is 16.8 Å². The lowest BCUT2D eigenvalue weighted by molar-refractivity contribution is 0.00439. The van der Waals surface area contributed by atoms with Crippen molar-refractivity contribution in [2.24, 2.45) is 5.41 Å². The molecule has 1 aliphatic heterocycles. The number of nitrogens with zero attached hydrogens (tertiary/aromatic N) is 1. The molecule has 0 amide bonds. The number of hydrogen-bond acceptors (Lipinski definition) is 3. The molecule has 170 valence electrons. The number of benzene rings is 3. The lowest BCUT2D eigenvalue weighted by Gasteiger charge is -2.58. The van der Waals surface area contributed by atoms with Gasteiger partial charge in [0.25, 0.3) is 0 Å². The largest absolute Gasteiger partial charge is 0.465 e. The molecule has 0 saturated carbocycles. The summed E-state index contributed by atoms with van der Waals surface area (Å²) in [5.74, 6) is -0.258. The Labute approximate surface area is 197 Å². The van der Waals surface area contributed by atoms with Crippen LogP contribution < -0.4 is 0 Å². The summed E-state index contributed by atoms with van der Waals surface area (Å²) in [5, 5.41) is 0. The molecule has 2 aliphatic rings. The van der Waals surface area contributed by atoms with Crippen molar-refractivity contribution in [3.05, 3.63) is 107 Å². The van der Waals surface area contributed by atoms with Crippen molar-refractivity contribution < 1.29 is 9.53 Å². The summed E-state index contributed by atoms with van der Waals surface area (Å²) in [6, 6.07) is 28.0. The smallest absolute Gasteiger partial charge is 0.337 e. The van der Waals surface area contributed by atoms with Crippen LogP contribution in [0.3, 0.4) is 0 Å². The van der Waals surface area contributed by atoms with Crippen LogP contribution in [0.1, 0.15) is 46.0 Å². The van der Waals surface area contributed by atoms with Gasteiger partial charge in [0.15, 0.2) is 0 Å². The molecule has 0 aromatic heterocycles. The van der Waals surface area contributed by atoms with Crippen LogP contribution in [0, 0.1) is 5.41 Å². The second-order valence-electron chi connectivity index (χ2n) is 10.1. The number of methoxy groups -OCH3 is 1. The van der Waals surface area contributed by atoms with Crippen molar-refractivity contribution in [1.29, 1.82) is 0 Å². The molecule has 3 nitrogen and oxygen atoms in total. The zero-order chi connectivity index (χ0) is 22.9. The minimum absolute atomic E-state index is 0.00856. The topological polar surface area (TPSA) is 29.5 Å². The van der Waals surface area contributed by atoms with Crippen LogP contribution >= 0.6 is 0 Å². The van der Waals surface area contributed by atoms with Crippen molar-refractivity contribution in [2.45, 2.75) is 38.0 Å². The molecule has 0 bridgehead atoms. The van der Waals surface area contributed by atoms with Crippen LogP contribution in [-0.4, -0.2) is 37.6 Å². The fourth-order valence-corrected chi connectivity index (χ4v) is 6.33. The highest BCUT2D eigenvalue weighted by atomic mass is 16.5. The SMILES string of the molecule is COC(=O)c1cccc([C@]23CCN(CCc4ccccc4)C[C@@]2(C)Cc2ccccc2C3)c1. The summed E-state index contributed by atoms with van der Waals surface area (Å²) in [5.41, 5.74) is 6.36. The standard InChI is InChI=1S/C30H33NO2/c1-29-20-25-11-6-7-12-26(25)21-30(29,27-14-8-13-24(19-27)28(32)33-2)16-18-31(22-29)17-15-23-9-4-3-5-10-23/h3-14,19H,15-18,20-22H2,1-2H3/t29-,30-/m1/s1. The number of carbonyl (C=O) groups excluding carboxylic acids is 1. The number of hydrogen-bond donors (Lipinski definition) is 0. The Balaban J connectivity index is 1.49. The second-order valence-corrected chi connectivity index (χ2v) is 10.1. The van der Waals surface area contributed by atoms with Gasteiger partial charge in [0.05, 0.1) is 12.7 Å². The highest BCUT2D eigenvalue weighted by Crippen LogP contribution is 2.55. The molecule has 1 heterocycles. The van der Waals surface area contributed by atoms with Crippen LogP contribution in [0.25, 0.3) is 0 Å². The molecule has 5 rings (SSSR count). The van der Waals surface area contributed by atoms with Gasteiger partial charge in [-0.1, -0.05) is 73.7 Å². The first kappa shape index (κ1) is 21.9. The molecular formula is C30H33NO2. The lowest BCUT2D eigenvalue weighted by atomic mass is 9.50. The van der Waals surface area contributed by atoms with Crippen LogP contribution in [0.5, 0.6) is 0 Å². The summed E-state index contributed by atoms with van der Waals surface area (Å²) in [6.07, 6.45) is 4.26. The second kappa shape index (κ2) is 8.79. The Hall–Kier alpha value is -2.91. The predicted octanol–water partition coefficient (Wildman–Crippen LogP) is 5.46. The predicted molar refractivity (Wildman–Crippen MR) is 133 cm³/mol. The highest BCUT2D eigenvalue weighted by Gasteiger charge is 2.54. The van der Waals surface area contributed by atoms with Gasteiger partial charge in [-0.05, 0) is 72.0 Å². The Morgan fingerprint density at radius 2 is 1.67 bits per heavy atom. The molecule has 3 heteroatoms. The zero-order valence-electron chi connectivity index (χ0n) is 19.7. The summed E-state index contributed by atoms with van der Waals surface area (Å²) < 4.78 is 5.04. The number of fused-ring (bicyclic) bond motifs is 2. The highest BCUT2D eigenvalue weighted by molar-refractivity contribution is 5.89. The van der Waals surface area contributed by atoms with E-state index < -0.39 is 0 Å². The van der Waals surface area contributed by atoms with Gasteiger partial charge in [0.2, 0.25) is 0 Å². The van der Waals surface area contributed by atoms with E-state index in [1.54, 1.807) is 0 Å². The van der Waals surface area contributed by atoms with Gasteiger partial charge in [0, 0.05) is 18.5 Å². The van der Waals surface area contributed by atoms with E-state index in [1.807, 2.05) is 12.1 Å². The number of carbonyl (C=O) groups is 1. The van der Waals surface area contributed by atoms with Gasteiger partial charge in [0.1, 0.15) is 0 Å². The Morgan fingerprint density at radius 3 is 2.42 bits per heavy atom. The maximum atomic E-state index is 12.3. The van der Waals surface area contributed by atoms with Gasteiger partial charge < -0.3 is 9.64 Å². The third-order valence-electron chi connectivity index (χ3n) is 8.17. The number of piperidine rings is 1. The van der Waals surface area contributed by atoms with Crippen LogP contribution in [0.4, 0.5) is 0 Å². The first-order chi connectivity index (χ1) is 16.0. The van der Waals surface area contributed by atoms with E-state index >= 15 is 0 Å². The number of esters is 1. The molecule has 0 spiro atoms.